The molecule has 2 aromatic rings. The molecule has 1 aromatic carbocycles. The zero-order valence-corrected chi connectivity index (χ0v) is 8.01. The highest BCUT2D eigenvalue weighted by Crippen LogP contribution is 2.18. The molecule has 3 nitrogen and oxygen atoms in total. The fraction of sp³-hybridized carbons (Fsp3) is 0.182. The smallest absolute Gasteiger partial charge is 0.120 e. The van der Waals surface area contributed by atoms with Crippen molar-refractivity contribution in [2.24, 2.45) is 0 Å². The number of hydrogen-bond donors (Lipinski definition) is 1. The molecule has 0 aliphatic carbocycles. The van der Waals surface area contributed by atoms with Gasteiger partial charge in [0.2, 0.25) is 0 Å². The van der Waals surface area contributed by atoms with Crippen molar-refractivity contribution >= 4 is 0 Å². The molecule has 0 fully saturated rings. The van der Waals surface area contributed by atoms with Crippen LogP contribution in [0.15, 0.2) is 36.7 Å². The average molecular weight is 188 g/mol. The SMILES string of the molecule is Cc1ccc(Cn2cccn2)c(O)c1. The molecule has 0 bridgehead atoms. The van der Waals surface area contributed by atoms with Crippen LogP contribution in [0.4, 0.5) is 0 Å². The van der Waals surface area contributed by atoms with Crippen molar-refractivity contribution in [3.8, 4) is 5.75 Å². The van der Waals surface area contributed by atoms with Gasteiger partial charge in [-0.2, -0.15) is 5.10 Å². The first-order valence-corrected chi connectivity index (χ1v) is 4.51. The number of rotatable bonds is 2. The third kappa shape index (κ3) is 1.76. The molecule has 0 aliphatic heterocycles. The highest BCUT2D eigenvalue weighted by atomic mass is 16.3. The maximum absolute atomic E-state index is 9.65. The van der Waals surface area contributed by atoms with Gasteiger partial charge in [-0.15, -0.1) is 0 Å². The van der Waals surface area contributed by atoms with E-state index in [4.69, 9.17) is 0 Å². The Balaban J connectivity index is 2.25. The minimum atomic E-state index is 0.334. The molecule has 72 valence electrons. The van der Waals surface area contributed by atoms with Gasteiger partial charge in [0, 0.05) is 18.0 Å². The molecule has 1 aromatic heterocycles. The minimum Gasteiger partial charge on any atom is -0.508 e. The molecule has 0 unspecified atom stereocenters. The monoisotopic (exact) mass is 188 g/mol. The molecule has 2 rings (SSSR count). The first-order chi connectivity index (χ1) is 6.75. The highest BCUT2D eigenvalue weighted by molar-refractivity contribution is 5.35. The highest BCUT2D eigenvalue weighted by Gasteiger charge is 2.01. The topological polar surface area (TPSA) is 38.0 Å². The van der Waals surface area contributed by atoms with Gasteiger partial charge in [0.25, 0.3) is 0 Å². The third-order valence-electron chi connectivity index (χ3n) is 2.13. The van der Waals surface area contributed by atoms with Gasteiger partial charge in [-0.05, 0) is 24.6 Å². The minimum absolute atomic E-state index is 0.334. The van der Waals surface area contributed by atoms with Crippen LogP contribution in [0.5, 0.6) is 5.75 Å². The van der Waals surface area contributed by atoms with E-state index in [1.807, 2.05) is 31.3 Å². The number of aryl methyl sites for hydroxylation is 1. The summed E-state index contributed by atoms with van der Waals surface area (Å²) < 4.78 is 1.78. The van der Waals surface area contributed by atoms with Crippen molar-refractivity contribution in [3.05, 3.63) is 47.8 Å². The summed E-state index contributed by atoms with van der Waals surface area (Å²) in [5.74, 6) is 0.334. The molecule has 3 heteroatoms. The number of hydrogen-bond acceptors (Lipinski definition) is 2. The van der Waals surface area contributed by atoms with Crippen LogP contribution in [0.2, 0.25) is 0 Å². The molecule has 0 aliphatic rings. The third-order valence-corrected chi connectivity index (χ3v) is 2.13. The summed E-state index contributed by atoms with van der Waals surface area (Å²) in [4.78, 5) is 0. The predicted octanol–water partition coefficient (Wildman–Crippen LogP) is 1.95. The van der Waals surface area contributed by atoms with Gasteiger partial charge in [0.05, 0.1) is 6.54 Å². The Morgan fingerprint density at radius 3 is 2.93 bits per heavy atom. The summed E-state index contributed by atoms with van der Waals surface area (Å²) in [5, 5.41) is 13.7. The molecule has 0 saturated heterocycles. The van der Waals surface area contributed by atoms with E-state index in [1.54, 1.807) is 16.9 Å². The van der Waals surface area contributed by atoms with E-state index in [-0.39, 0.29) is 0 Å². The van der Waals surface area contributed by atoms with Gasteiger partial charge < -0.3 is 5.11 Å². The normalized spacial score (nSPS) is 10.4. The van der Waals surface area contributed by atoms with Crippen molar-refractivity contribution < 1.29 is 5.11 Å². The Kier molecular flexibility index (Phi) is 2.23. The Hall–Kier alpha value is -1.77. The summed E-state index contributed by atoms with van der Waals surface area (Å²) in [6, 6.07) is 7.54. The van der Waals surface area contributed by atoms with Crippen LogP contribution < -0.4 is 0 Å². The molecule has 1 N–H and O–H groups in total. The lowest BCUT2D eigenvalue weighted by Crippen LogP contribution is -1.99. The van der Waals surface area contributed by atoms with Crippen LogP contribution in [0.3, 0.4) is 0 Å². The summed E-state index contributed by atoms with van der Waals surface area (Å²) in [7, 11) is 0. The zero-order valence-electron chi connectivity index (χ0n) is 8.01. The second kappa shape index (κ2) is 3.54. The lowest BCUT2D eigenvalue weighted by atomic mass is 10.1. The lowest BCUT2D eigenvalue weighted by molar-refractivity contribution is 0.463. The van der Waals surface area contributed by atoms with Crippen molar-refractivity contribution in [1.82, 2.24) is 9.78 Å². The first kappa shape index (κ1) is 8.81. The van der Waals surface area contributed by atoms with E-state index in [1.165, 1.54) is 0 Å². The fourth-order valence-corrected chi connectivity index (χ4v) is 1.38. The van der Waals surface area contributed by atoms with Gasteiger partial charge in [-0.1, -0.05) is 12.1 Å². The lowest BCUT2D eigenvalue weighted by Gasteiger charge is -2.05. The van der Waals surface area contributed by atoms with Crippen molar-refractivity contribution in [1.29, 1.82) is 0 Å². The Morgan fingerprint density at radius 2 is 2.29 bits per heavy atom. The van der Waals surface area contributed by atoms with Crippen LogP contribution in [-0.2, 0) is 6.54 Å². The zero-order chi connectivity index (χ0) is 9.97. The summed E-state index contributed by atoms with van der Waals surface area (Å²) in [6.45, 7) is 2.57. The number of nitrogens with zero attached hydrogens (tertiary/aromatic N) is 2. The molecule has 0 radical (unpaired) electrons. The molecule has 0 saturated carbocycles. The van der Waals surface area contributed by atoms with E-state index in [9.17, 15) is 5.11 Å². The first-order valence-electron chi connectivity index (χ1n) is 4.51. The van der Waals surface area contributed by atoms with Gasteiger partial charge in [-0.25, -0.2) is 0 Å². The molecular formula is C11H12N2O. The van der Waals surface area contributed by atoms with E-state index < -0.39 is 0 Å². The molecule has 0 atom stereocenters. The van der Waals surface area contributed by atoms with Gasteiger partial charge in [0.1, 0.15) is 5.75 Å². The Bertz CT molecular complexity index is 421. The Morgan fingerprint density at radius 1 is 1.43 bits per heavy atom. The maximum Gasteiger partial charge on any atom is 0.120 e. The van der Waals surface area contributed by atoms with Gasteiger partial charge >= 0.3 is 0 Å². The van der Waals surface area contributed by atoms with E-state index >= 15 is 0 Å². The quantitative estimate of drug-likeness (QED) is 0.782. The number of aromatic hydroxyl groups is 1. The van der Waals surface area contributed by atoms with E-state index in [0.29, 0.717) is 12.3 Å². The summed E-state index contributed by atoms with van der Waals surface area (Å²) in [6.07, 6.45) is 3.60. The fourth-order valence-electron chi connectivity index (χ4n) is 1.38. The summed E-state index contributed by atoms with van der Waals surface area (Å²) >= 11 is 0. The number of aromatic nitrogens is 2. The van der Waals surface area contributed by atoms with E-state index in [0.717, 1.165) is 11.1 Å². The molecule has 0 spiro atoms. The van der Waals surface area contributed by atoms with Crippen LogP contribution >= 0.6 is 0 Å². The summed E-state index contributed by atoms with van der Waals surface area (Å²) in [5.41, 5.74) is 1.95. The standard InChI is InChI=1S/C11H12N2O/c1-9-3-4-10(11(14)7-9)8-13-6-2-5-12-13/h2-7,14H,8H2,1H3. The Labute approximate surface area is 82.6 Å². The van der Waals surface area contributed by atoms with Gasteiger partial charge in [-0.3, -0.25) is 4.68 Å². The molecule has 14 heavy (non-hydrogen) atoms. The number of phenolic OH excluding ortho intramolecular Hbond substituents is 1. The van der Waals surface area contributed by atoms with Crippen LogP contribution in [0, 0.1) is 6.92 Å². The second-order valence-corrected chi connectivity index (χ2v) is 3.34. The van der Waals surface area contributed by atoms with Crippen molar-refractivity contribution in [3.63, 3.8) is 0 Å². The second-order valence-electron chi connectivity index (χ2n) is 3.34. The van der Waals surface area contributed by atoms with Crippen LogP contribution in [-0.4, -0.2) is 14.9 Å². The average Bonchev–Trinajstić information content (AvgIpc) is 2.62. The number of phenols is 1. The van der Waals surface area contributed by atoms with Crippen molar-refractivity contribution in [2.75, 3.05) is 0 Å². The number of benzene rings is 1. The molecule has 0 amide bonds. The largest absolute Gasteiger partial charge is 0.508 e. The molecular weight excluding hydrogens is 176 g/mol. The maximum atomic E-state index is 9.65. The van der Waals surface area contributed by atoms with E-state index in [2.05, 4.69) is 5.10 Å². The van der Waals surface area contributed by atoms with Crippen LogP contribution in [0.25, 0.3) is 0 Å². The molecule has 1 heterocycles. The van der Waals surface area contributed by atoms with Crippen molar-refractivity contribution in [2.45, 2.75) is 13.5 Å². The van der Waals surface area contributed by atoms with Gasteiger partial charge in [0.15, 0.2) is 0 Å². The predicted molar refractivity (Wildman–Crippen MR) is 54.2 cm³/mol. The van der Waals surface area contributed by atoms with Crippen LogP contribution in [0.1, 0.15) is 11.1 Å².